The topological polar surface area (TPSA) is 54.9 Å². The summed E-state index contributed by atoms with van der Waals surface area (Å²) >= 11 is 0. The van der Waals surface area contributed by atoms with E-state index < -0.39 is 0 Å². The molecular weight excluding hydrogens is 305 g/mol. The van der Waals surface area contributed by atoms with Gasteiger partial charge in [0.05, 0.1) is 11.3 Å². The van der Waals surface area contributed by atoms with E-state index in [1.807, 2.05) is 19.1 Å². The molecule has 2 aromatic heterocycles. The van der Waals surface area contributed by atoms with Crippen LogP contribution in [0.2, 0.25) is 0 Å². The van der Waals surface area contributed by atoms with Gasteiger partial charge in [-0.3, -0.25) is 14.8 Å². The Labute approximate surface area is 139 Å². The lowest BCUT2D eigenvalue weighted by atomic mass is 9.98. The number of pyridine rings is 2. The van der Waals surface area contributed by atoms with Crippen molar-refractivity contribution in [1.29, 1.82) is 0 Å². The number of carbonyl (C=O) groups excluding carboxylic acids is 1. The van der Waals surface area contributed by atoms with E-state index in [0.717, 1.165) is 16.7 Å². The molecule has 120 valence electrons. The summed E-state index contributed by atoms with van der Waals surface area (Å²) in [6, 6.07) is 11.6. The van der Waals surface area contributed by atoms with E-state index in [1.54, 1.807) is 30.6 Å². The van der Waals surface area contributed by atoms with Crippen LogP contribution < -0.4 is 5.32 Å². The van der Waals surface area contributed by atoms with Gasteiger partial charge in [-0.15, -0.1) is 0 Å². The van der Waals surface area contributed by atoms with Crippen LogP contribution in [0.25, 0.3) is 22.4 Å². The number of amides is 1. The van der Waals surface area contributed by atoms with Gasteiger partial charge in [0.15, 0.2) is 0 Å². The molecule has 0 bridgehead atoms. The van der Waals surface area contributed by atoms with Crippen molar-refractivity contribution >= 4 is 5.91 Å². The lowest BCUT2D eigenvalue weighted by Crippen LogP contribution is -2.22. The van der Waals surface area contributed by atoms with Gasteiger partial charge in [0, 0.05) is 36.3 Å². The Balaban J connectivity index is 2.14. The fourth-order valence-corrected chi connectivity index (χ4v) is 2.44. The SMILES string of the molecule is CCNC(=O)c1cnc(-c2ccc(F)cc2)c(-c2ccncc2)c1. The second-order valence-corrected chi connectivity index (χ2v) is 5.22. The summed E-state index contributed by atoms with van der Waals surface area (Å²) in [5.41, 5.74) is 3.64. The molecule has 0 spiro atoms. The molecule has 0 aliphatic heterocycles. The van der Waals surface area contributed by atoms with Crippen LogP contribution in [-0.2, 0) is 0 Å². The van der Waals surface area contributed by atoms with Crippen molar-refractivity contribution in [2.24, 2.45) is 0 Å². The van der Waals surface area contributed by atoms with E-state index in [1.165, 1.54) is 18.3 Å². The third-order valence-corrected chi connectivity index (χ3v) is 3.60. The zero-order valence-electron chi connectivity index (χ0n) is 13.2. The Kier molecular flexibility index (Phi) is 4.61. The number of hydrogen-bond acceptors (Lipinski definition) is 3. The highest BCUT2D eigenvalue weighted by atomic mass is 19.1. The number of nitrogens with one attached hydrogen (secondary N) is 1. The highest BCUT2D eigenvalue weighted by Gasteiger charge is 2.13. The van der Waals surface area contributed by atoms with Crippen LogP contribution in [0.3, 0.4) is 0 Å². The highest BCUT2D eigenvalue weighted by molar-refractivity contribution is 5.96. The first kappa shape index (κ1) is 15.8. The first-order valence-corrected chi connectivity index (χ1v) is 7.63. The number of hydrogen-bond donors (Lipinski definition) is 1. The number of carbonyl (C=O) groups is 1. The van der Waals surface area contributed by atoms with E-state index in [9.17, 15) is 9.18 Å². The number of aromatic nitrogens is 2. The first-order valence-electron chi connectivity index (χ1n) is 7.63. The third-order valence-electron chi connectivity index (χ3n) is 3.60. The zero-order valence-corrected chi connectivity index (χ0v) is 13.2. The Morgan fingerprint density at radius 1 is 1.08 bits per heavy atom. The minimum atomic E-state index is -0.303. The molecule has 3 rings (SSSR count). The number of benzene rings is 1. The minimum Gasteiger partial charge on any atom is -0.352 e. The molecule has 0 radical (unpaired) electrons. The molecule has 0 saturated carbocycles. The summed E-state index contributed by atoms with van der Waals surface area (Å²) in [7, 11) is 0. The van der Waals surface area contributed by atoms with Crippen molar-refractivity contribution in [2.45, 2.75) is 6.92 Å². The minimum absolute atomic E-state index is 0.175. The van der Waals surface area contributed by atoms with E-state index in [0.29, 0.717) is 17.8 Å². The molecule has 5 heteroatoms. The lowest BCUT2D eigenvalue weighted by Gasteiger charge is -2.11. The summed E-state index contributed by atoms with van der Waals surface area (Å²) in [4.78, 5) is 20.6. The van der Waals surface area contributed by atoms with Gasteiger partial charge in [0.1, 0.15) is 5.82 Å². The Morgan fingerprint density at radius 2 is 1.79 bits per heavy atom. The fourth-order valence-electron chi connectivity index (χ4n) is 2.44. The number of nitrogens with zero attached hydrogens (tertiary/aromatic N) is 2. The van der Waals surface area contributed by atoms with Gasteiger partial charge in [-0.2, -0.15) is 0 Å². The smallest absolute Gasteiger partial charge is 0.252 e. The van der Waals surface area contributed by atoms with Crippen molar-refractivity contribution in [1.82, 2.24) is 15.3 Å². The predicted molar refractivity (Wildman–Crippen MR) is 90.9 cm³/mol. The van der Waals surface area contributed by atoms with Crippen molar-refractivity contribution in [2.75, 3.05) is 6.54 Å². The van der Waals surface area contributed by atoms with Crippen LogP contribution in [0.5, 0.6) is 0 Å². The predicted octanol–water partition coefficient (Wildman–Crippen LogP) is 3.70. The maximum Gasteiger partial charge on any atom is 0.252 e. The van der Waals surface area contributed by atoms with Gasteiger partial charge >= 0.3 is 0 Å². The van der Waals surface area contributed by atoms with E-state index in [4.69, 9.17) is 0 Å². The van der Waals surface area contributed by atoms with E-state index >= 15 is 0 Å². The molecule has 1 aromatic carbocycles. The molecule has 2 heterocycles. The van der Waals surface area contributed by atoms with Gasteiger partial charge in [0.25, 0.3) is 5.91 Å². The third kappa shape index (κ3) is 3.30. The van der Waals surface area contributed by atoms with Crippen LogP contribution in [0, 0.1) is 5.82 Å². The Hall–Kier alpha value is -3.08. The van der Waals surface area contributed by atoms with Crippen molar-refractivity contribution < 1.29 is 9.18 Å². The molecule has 0 saturated heterocycles. The van der Waals surface area contributed by atoms with Crippen molar-refractivity contribution in [3.8, 4) is 22.4 Å². The van der Waals surface area contributed by atoms with Crippen LogP contribution in [0.15, 0.2) is 61.1 Å². The largest absolute Gasteiger partial charge is 0.352 e. The standard InChI is InChI=1S/C19H16FN3O/c1-2-22-19(24)15-11-17(13-7-9-21-10-8-13)18(23-12-15)14-3-5-16(20)6-4-14/h3-12H,2H2,1H3,(H,22,24). The van der Waals surface area contributed by atoms with E-state index in [2.05, 4.69) is 15.3 Å². The van der Waals surface area contributed by atoms with Crippen LogP contribution >= 0.6 is 0 Å². The second kappa shape index (κ2) is 7.00. The van der Waals surface area contributed by atoms with Gasteiger partial charge in [-0.05, 0) is 55.0 Å². The molecule has 0 fully saturated rings. The van der Waals surface area contributed by atoms with Crippen LogP contribution in [0.1, 0.15) is 17.3 Å². The molecule has 0 aliphatic rings. The molecule has 0 atom stereocenters. The van der Waals surface area contributed by atoms with Gasteiger partial charge in [0.2, 0.25) is 0 Å². The number of rotatable bonds is 4. The maximum atomic E-state index is 13.2. The summed E-state index contributed by atoms with van der Waals surface area (Å²) in [6.07, 6.45) is 4.90. The normalized spacial score (nSPS) is 10.4. The van der Waals surface area contributed by atoms with Gasteiger partial charge in [-0.1, -0.05) is 0 Å². The van der Waals surface area contributed by atoms with Gasteiger partial charge < -0.3 is 5.32 Å². The molecule has 0 aliphatic carbocycles. The average molecular weight is 321 g/mol. The first-order chi connectivity index (χ1) is 11.7. The van der Waals surface area contributed by atoms with Crippen molar-refractivity contribution in [3.63, 3.8) is 0 Å². The van der Waals surface area contributed by atoms with Gasteiger partial charge in [-0.25, -0.2) is 4.39 Å². The summed E-state index contributed by atoms with van der Waals surface area (Å²) in [5.74, 6) is -0.478. The maximum absolute atomic E-state index is 13.2. The molecule has 24 heavy (non-hydrogen) atoms. The Bertz CT molecular complexity index is 848. The molecule has 4 nitrogen and oxygen atoms in total. The lowest BCUT2D eigenvalue weighted by molar-refractivity contribution is 0.0955. The number of halogens is 1. The Morgan fingerprint density at radius 3 is 2.46 bits per heavy atom. The molecule has 1 N–H and O–H groups in total. The molecule has 3 aromatic rings. The molecular formula is C19H16FN3O. The van der Waals surface area contributed by atoms with Crippen molar-refractivity contribution in [3.05, 3.63) is 72.4 Å². The fraction of sp³-hybridized carbons (Fsp3) is 0.105. The zero-order chi connectivity index (χ0) is 16.9. The van der Waals surface area contributed by atoms with Crippen LogP contribution in [-0.4, -0.2) is 22.4 Å². The molecule has 1 amide bonds. The summed E-state index contributed by atoms with van der Waals surface area (Å²) < 4.78 is 13.2. The molecule has 0 unspecified atom stereocenters. The summed E-state index contributed by atoms with van der Waals surface area (Å²) in [5, 5.41) is 2.77. The quantitative estimate of drug-likeness (QED) is 0.797. The van der Waals surface area contributed by atoms with E-state index in [-0.39, 0.29) is 11.7 Å². The summed E-state index contributed by atoms with van der Waals surface area (Å²) in [6.45, 7) is 2.41. The highest BCUT2D eigenvalue weighted by Crippen LogP contribution is 2.31. The monoisotopic (exact) mass is 321 g/mol. The van der Waals surface area contributed by atoms with Crippen LogP contribution in [0.4, 0.5) is 4.39 Å². The average Bonchev–Trinajstić information content (AvgIpc) is 2.63. The second-order valence-electron chi connectivity index (χ2n) is 5.22.